The fourth-order valence-corrected chi connectivity index (χ4v) is 5.37. The molecule has 186 valence electrons. The highest BCUT2D eigenvalue weighted by Crippen LogP contribution is 2.28. The summed E-state index contributed by atoms with van der Waals surface area (Å²) in [4.78, 5) is 45.8. The van der Waals surface area contributed by atoms with Crippen molar-refractivity contribution >= 4 is 33.4 Å². The normalized spacial score (nSPS) is 13.6. The monoisotopic (exact) mass is 498 g/mol. The van der Waals surface area contributed by atoms with Crippen LogP contribution in [0, 0.1) is 6.92 Å². The summed E-state index contributed by atoms with van der Waals surface area (Å²) in [6.07, 6.45) is 5.13. The van der Waals surface area contributed by atoms with Gasteiger partial charge in [-0.05, 0) is 55.9 Å². The predicted octanol–water partition coefficient (Wildman–Crippen LogP) is 2.77. The third-order valence-corrected chi connectivity index (χ3v) is 7.48. The number of fused-ring (bicyclic) bond motifs is 1. The van der Waals surface area contributed by atoms with Crippen LogP contribution in [0.2, 0.25) is 0 Å². The van der Waals surface area contributed by atoms with E-state index in [2.05, 4.69) is 10.3 Å². The molecule has 0 bridgehead atoms. The summed E-state index contributed by atoms with van der Waals surface area (Å²) in [5.74, 6) is 0.963. The predicted molar refractivity (Wildman–Crippen MR) is 135 cm³/mol. The zero-order valence-corrected chi connectivity index (χ0v) is 21.1. The van der Waals surface area contributed by atoms with Gasteiger partial charge in [0.2, 0.25) is 5.91 Å². The van der Waals surface area contributed by atoms with Crippen molar-refractivity contribution in [2.45, 2.75) is 39.2 Å². The summed E-state index contributed by atoms with van der Waals surface area (Å²) in [7, 11) is 3.17. The molecule has 10 heteroatoms. The van der Waals surface area contributed by atoms with Gasteiger partial charge in [0, 0.05) is 19.6 Å². The number of thiophene rings is 1. The molecule has 0 radical (unpaired) electrons. The lowest BCUT2D eigenvalue weighted by Gasteiger charge is -2.26. The van der Waals surface area contributed by atoms with Gasteiger partial charge in [0.05, 0.1) is 30.8 Å². The van der Waals surface area contributed by atoms with E-state index in [1.54, 1.807) is 26.0 Å². The molecule has 1 aliphatic rings. The number of nitrogens with one attached hydrogen (secondary N) is 1. The fraction of sp³-hybridized carbons (Fsp3) is 0.440. The van der Waals surface area contributed by atoms with E-state index in [1.165, 1.54) is 22.2 Å². The van der Waals surface area contributed by atoms with Crippen LogP contribution in [0.25, 0.3) is 10.2 Å². The number of hydrogen-bond donors (Lipinski definition) is 1. The van der Waals surface area contributed by atoms with E-state index in [0.29, 0.717) is 45.1 Å². The number of carbonyl (C=O) groups is 2. The van der Waals surface area contributed by atoms with Crippen LogP contribution in [-0.2, 0) is 17.8 Å². The first-order valence-electron chi connectivity index (χ1n) is 11.7. The van der Waals surface area contributed by atoms with Crippen molar-refractivity contribution in [2.24, 2.45) is 0 Å². The molecule has 9 nitrogen and oxygen atoms in total. The number of ether oxygens (including phenoxy) is 2. The van der Waals surface area contributed by atoms with Gasteiger partial charge in [0.25, 0.3) is 11.5 Å². The standard InChI is InChI=1S/C25H30N4O5S/c1-16-21-24(27-15-29(25(21)32)14-20(30)28-11-5-4-6-12-28)35-22(16)23(31)26-10-9-17-7-8-18(33-2)19(13-17)34-3/h7-8,13,15H,4-6,9-12,14H2,1-3H3,(H,26,31). The van der Waals surface area contributed by atoms with E-state index in [4.69, 9.17) is 9.47 Å². The fourth-order valence-electron chi connectivity index (χ4n) is 4.31. The highest BCUT2D eigenvalue weighted by Gasteiger charge is 2.22. The molecule has 1 aliphatic heterocycles. The van der Waals surface area contributed by atoms with Crippen molar-refractivity contribution in [3.8, 4) is 11.5 Å². The molecule has 2 amide bonds. The van der Waals surface area contributed by atoms with Gasteiger partial charge in [-0.15, -0.1) is 11.3 Å². The topological polar surface area (TPSA) is 103 Å². The lowest BCUT2D eigenvalue weighted by atomic mass is 10.1. The number of aryl methyl sites for hydroxylation is 1. The number of amides is 2. The Hall–Kier alpha value is -3.40. The van der Waals surface area contributed by atoms with Gasteiger partial charge in [-0.2, -0.15) is 0 Å². The number of aromatic nitrogens is 2. The quantitative estimate of drug-likeness (QED) is 0.512. The lowest BCUT2D eigenvalue weighted by Crippen LogP contribution is -2.39. The highest BCUT2D eigenvalue weighted by molar-refractivity contribution is 7.20. The second kappa shape index (κ2) is 10.9. The lowest BCUT2D eigenvalue weighted by molar-refractivity contribution is -0.132. The second-order valence-corrected chi connectivity index (χ2v) is 9.55. The third kappa shape index (κ3) is 5.32. The van der Waals surface area contributed by atoms with E-state index in [1.807, 2.05) is 18.2 Å². The summed E-state index contributed by atoms with van der Waals surface area (Å²) in [6, 6.07) is 5.64. The van der Waals surface area contributed by atoms with E-state index in [9.17, 15) is 14.4 Å². The van der Waals surface area contributed by atoms with E-state index in [-0.39, 0.29) is 23.9 Å². The van der Waals surface area contributed by atoms with Gasteiger partial charge in [-0.1, -0.05) is 6.07 Å². The maximum atomic E-state index is 13.1. The van der Waals surface area contributed by atoms with Crippen LogP contribution >= 0.6 is 11.3 Å². The van der Waals surface area contributed by atoms with Crippen molar-refractivity contribution in [1.29, 1.82) is 0 Å². The van der Waals surface area contributed by atoms with Crippen molar-refractivity contribution in [1.82, 2.24) is 19.8 Å². The number of piperidine rings is 1. The van der Waals surface area contributed by atoms with Crippen molar-refractivity contribution in [2.75, 3.05) is 33.9 Å². The van der Waals surface area contributed by atoms with Crippen molar-refractivity contribution in [3.05, 3.63) is 50.9 Å². The van der Waals surface area contributed by atoms with Gasteiger partial charge in [0.15, 0.2) is 11.5 Å². The molecule has 1 fully saturated rings. The Morgan fingerprint density at radius 1 is 1.11 bits per heavy atom. The number of rotatable bonds is 8. The Labute approximate surface area is 207 Å². The van der Waals surface area contributed by atoms with Gasteiger partial charge in [0.1, 0.15) is 11.4 Å². The minimum Gasteiger partial charge on any atom is -0.493 e. The molecule has 1 aromatic carbocycles. The summed E-state index contributed by atoms with van der Waals surface area (Å²) >= 11 is 1.19. The van der Waals surface area contributed by atoms with Crippen LogP contribution in [0.1, 0.15) is 40.1 Å². The number of methoxy groups -OCH3 is 2. The smallest absolute Gasteiger partial charge is 0.262 e. The molecule has 4 rings (SSSR count). The number of benzene rings is 1. The molecule has 3 heterocycles. The van der Waals surface area contributed by atoms with Crippen LogP contribution in [0.15, 0.2) is 29.3 Å². The maximum Gasteiger partial charge on any atom is 0.262 e. The average Bonchev–Trinajstić information content (AvgIpc) is 3.23. The van der Waals surface area contributed by atoms with Gasteiger partial charge in [-0.25, -0.2) is 4.98 Å². The minimum absolute atomic E-state index is 0.0378. The molecule has 1 N–H and O–H groups in total. The van der Waals surface area contributed by atoms with Crippen LogP contribution in [-0.4, -0.2) is 60.1 Å². The average molecular weight is 499 g/mol. The highest BCUT2D eigenvalue weighted by atomic mass is 32.1. The first kappa shape index (κ1) is 24.7. The van der Waals surface area contributed by atoms with Crippen LogP contribution in [0.4, 0.5) is 0 Å². The van der Waals surface area contributed by atoms with Crippen molar-refractivity contribution in [3.63, 3.8) is 0 Å². The molecular weight excluding hydrogens is 468 g/mol. The Morgan fingerprint density at radius 3 is 2.57 bits per heavy atom. The zero-order valence-electron chi connectivity index (χ0n) is 20.3. The first-order valence-corrected chi connectivity index (χ1v) is 12.5. The number of hydrogen-bond acceptors (Lipinski definition) is 7. The van der Waals surface area contributed by atoms with Crippen LogP contribution in [0.5, 0.6) is 11.5 Å². The molecule has 35 heavy (non-hydrogen) atoms. The summed E-state index contributed by atoms with van der Waals surface area (Å²) in [6.45, 7) is 3.60. The molecule has 0 atom stereocenters. The summed E-state index contributed by atoms with van der Waals surface area (Å²) < 4.78 is 11.9. The zero-order chi connectivity index (χ0) is 24.9. The molecule has 0 aliphatic carbocycles. The largest absolute Gasteiger partial charge is 0.493 e. The Balaban J connectivity index is 1.45. The Morgan fingerprint density at radius 2 is 1.86 bits per heavy atom. The molecule has 3 aromatic rings. The SMILES string of the molecule is COc1ccc(CCNC(=O)c2sc3ncn(CC(=O)N4CCCCC4)c(=O)c3c2C)cc1OC. The summed E-state index contributed by atoms with van der Waals surface area (Å²) in [5, 5.41) is 3.32. The van der Waals surface area contributed by atoms with Crippen LogP contribution < -0.4 is 20.3 Å². The van der Waals surface area contributed by atoms with E-state index < -0.39 is 0 Å². The second-order valence-electron chi connectivity index (χ2n) is 8.55. The number of likely N-dealkylation sites (tertiary alicyclic amines) is 1. The molecule has 1 saturated heterocycles. The van der Waals surface area contributed by atoms with Gasteiger partial charge >= 0.3 is 0 Å². The minimum atomic E-state index is -0.293. The van der Waals surface area contributed by atoms with Crippen LogP contribution in [0.3, 0.4) is 0 Å². The molecule has 0 unspecified atom stereocenters. The van der Waals surface area contributed by atoms with E-state index >= 15 is 0 Å². The summed E-state index contributed by atoms with van der Waals surface area (Å²) in [5.41, 5.74) is 1.29. The molecule has 0 saturated carbocycles. The first-order chi connectivity index (χ1) is 16.9. The van der Waals surface area contributed by atoms with Gasteiger partial charge < -0.3 is 19.7 Å². The Kier molecular flexibility index (Phi) is 7.70. The van der Waals surface area contributed by atoms with Gasteiger partial charge in [-0.3, -0.25) is 19.0 Å². The number of nitrogens with zero attached hydrogens (tertiary/aromatic N) is 3. The number of carbonyl (C=O) groups excluding carboxylic acids is 2. The Bertz CT molecular complexity index is 1290. The maximum absolute atomic E-state index is 13.1. The third-order valence-electron chi connectivity index (χ3n) is 6.29. The van der Waals surface area contributed by atoms with Crippen molar-refractivity contribution < 1.29 is 19.1 Å². The molecule has 0 spiro atoms. The van der Waals surface area contributed by atoms with E-state index in [0.717, 1.165) is 37.9 Å². The molecule has 2 aromatic heterocycles. The molecular formula is C25H30N4O5S.